The fraction of sp³-hybridized carbons (Fsp3) is 0.269. The third-order valence-electron chi connectivity index (χ3n) is 6.32. The standard InChI is InChI=1S/C26H24FN3O2S2/c1-2-29-21-8-4-3-7-19(21)23(28-13-5-6-14-28)20(24(29)31)15-22-25(32)30(26(33)34-22)16-17-9-11-18(27)12-10-17/h3-4,7-12,15H,2,5-6,13-14,16H2,1H3. The van der Waals surface area contributed by atoms with E-state index in [1.54, 1.807) is 22.8 Å². The molecule has 5 rings (SSSR count). The Morgan fingerprint density at radius 2 is 1.76 bits per heavy atom. The number of carbonyl (C=O) groups excluding carboxylic acids is 1. The molecule has 2 aromatic carbocycles. The molecule has 3 heterocycles. The Bertz CT molecular complexity index is 1380. The third-order valence-corrected chi connectivity index (χ3v) is 7.70. The van der Waals surface area contributed by atoms with E-state index in [0.717, 1.165) is 48.1 Å². The summed E-state index contributed by atoms with van der Waals surface area (Å²) in [6, 6.07) is 14.0. The third kappa shape index (κ3) is 4.05. The highest BCUT2D eigenvalue weighted by Gasteiger charge is 2.33. The van der Waals surface area contributed by atoms with E-state index in [9.17, 15) is 14.0 Å². The summed E-state index contributed by atoms with van der Waals surface area (Å²) in [4.78, 5) is 31.2. The lowest BCUT2D eigenvalue weighted by atomic mass is 10.1. The summed E-state index contributed by atoms with van der Waals surface area (Å²) in [5, 5.41) is 1.01. The van der Waals surface area contributed by atoms with Gasteiger partial charge in [0.15, 0.2) is 0 Å². The fourth-order valence-electron chi connectivity index (χ4n) is 4.68. The van der Waals surface area contributed by atoms with Crippen molar-refractivity contribution in [1.82, 2.24) is 9.47 Å². The number of carbonyl (C=O) groups is 1. The molecule has 2 saturated heterocycles. The number of amides is 1. The smallest absolute Gasteiger partial charge is 0.266 e. The zero-order chi connectivity index (χ0) is 23.8. The zero-order valence-corrected chi connectivity index (χ0v) is 20.4. The van der Waals surface area contributed by atoms with Crippen LogP contribution < -0.4 is 10.5 Å². The van der Waals surface area contributed by atoms with Gasteiger partial charge < -0.3 is 9.47 Å². The maximum absolute atomic E-state index is 13.7. The normalized spacial score (nSPS) is 17.5. The molecule has 0 atom stereocenters. The number of thioether (sulfide) groups is 1. The maximum atomic E-state index is 13.7. The number of pyridine rings is 1. The second kappa shape index (κ2) is 9.35. The molecular weight excluding hydrogens is 469 g/mol. The molecule has 0 saturated carbocycles. The van der Waals surface area contributed by atoms with Gasteiger partial charge in [-0.2, -0.15) is 0 Å². The lowest BCUT2D eigenvalue weighted by Gasteiger charge is -2.24. The number of benzene rings is 2. The number of hydrogen-bond acceptors (Lipinski definition) is 5. The number of aromatic nitrogens is 1. The molecule has 34 heavy (non-hydrogen) atoms. The first-order valence-electron chi connectivity index (χ1n) is 11.4. The van der Waals surface area contributed by atoms with Crippen LogP contribution in [0.4, 0.5) is 10.1 Å². The summed E-state index contributed by atoms with van der Waals surface area (Å²) in [5.41, 5.74) is 3.01. The molecule has 0 spiro atoms. The van der Waals surface area contributed by atoms with Gasteiger partial charge >= 0.3 is 0 Å². The van der Waals surface area contributed by atoms with E-state index in [1.165, 1.54) is 28.8 Å². The second-order valence-electron chi connectivity index (χ2n) is 8.42. The first-order valence-corrected chi connectivity index (χ1v) is 12.6. The van der Waals surface area contributed by atoms with Crippen molar-refractivity contribution >= 4 is 56.9 Å². The number of nitrogens with zero attached hydrogens (tertiary/aromatic N) is 3. The Hall–Kier alpha value is -2.97. The van der Waals surface area contributed by atoms with Gasteiger partial charge in [-0.1, -0.05) is 54.3 Å². The van der Waals surface area contributed by atoms with Crippen molar-refractivity contribution in [3.8, 4) is 0 Å². The van der Waals surface area contributed by atoms with Crippen molar-refractivity contribution in [2.24, 2.45) is 0 Å². The molecule has 174 valence electrons. The Morgan fingerprint density at radius 1 is 1.06 bits per heavy atom. The van der Waals surface area contributed by atoms with Gasteiger partial charge in [-0.05, 0) is 49.6 Å². The molecule has 0 radical (unpaired) electrons. The number of rotatable bonds is 5. The van der Waals surface area contributed by atoms with Crippen LogP contribution in [0.2, 0.25) is 0 Å². The van der Waals surface area contributed by atoms with Crippen molar-refractivity contribution in [1.29, 1.82) is 0 Å². The average Bonchev–Trinajstić information content (AvgIpc) is 3.45. The van der Waals surface area contributed by atoms with Crippen molar-refractivity contribution in [3.63, 3.8) is 0 Å². The average molecular weight is 494 g/mol. The number of hydrogen-bond donors (Lipinski definition) is 0. The molecule has 1 amide bonds. The van der Waals surface area contributed by atoms with E-state index in [0.29, 0.717) is 21.3 Å². The quantitative estimate of drug-likeness (QED) is 0.363. The van der Waals surface area contributed by atoms with Crippen LogP contribution in [0.1, 0.15) is 30.9 Å². The van der Waals surface area contributed by atoms with Gasteiger partial charge in [-0.15, -0.1) is 0 Å². The zero-order valence-electron chi connectivity index (χ0n) is 18.8. The Balaban J connectivity index is 1.61. The molecular formula is C26H24FN3O2S2. The summed E-state index contributed by atoms with van der Waals surface area (Å²) < 4.78 is 15.5. The summed E-state index contributed by atoms with van der Waals surface area (Å²) in [6.07, 6.45) is 3.87. The molecule has 0 N–H and O–H groups in total. The Kier molecular flexibility index (Phi) is 6.27. The van der Waals surface area contributed by atoms with Crippen LogP contribution in [0.15, 0.2) is 58.2 Å². The van der Waals surface area contributed by atoms with Crippen LogP contribution in [-0.2, 0) is 17.9 Å². The molecule has 3 aromatic rings. The molecule has 8 heteroatoms. The van der Waals surface area contributed by atoms with E-state index in [2.05, 4.69) is 4.90 Å². The van der Waals surface area contributed by atoms with Gasteiger partial charge in [0.2, 0.25) is 0 Å². The molecule has 2 aliphatic heterocycles. The molecule has 5 nitrogen and oxygen atoms in total. The van der Waals surface area contributed by atoms with Crippen LogP contribution in [0.5, 0.6) is 0 Å². The highest BCUT2D eigenvalue weighted by atomic mass is 32.2. The molecule has 1 aromatic heterocycles. The van der Waals surface area contributed by atoms with Crippen molar-refractivity contribution in [3.05, 3.63) is 80.7 Å². The number of fused-ring (bicyclic) bond motifs is 1. The summed E-state index contributed by atoms with van der Waals surface area (Å²) in [6.45, 7) is 4.51. The molecule has 0 bridgehead atoms. The van der Waals surface area contributed by atoms with Crippen LogP contribution >= 0.6 is 24.0 Å². The maximum Gasteiger partial charge on any atom is 0.266 e. The van der Waals surface area contributed by atoms with Gasteiger partial charge in [0.25, 0.3) is 11.5 Å². The van der Waals surface area contributed by atoms with Crippen molar-refractivity contribution in [2.75, 3.05) is 18.0 Å². The lowest BCUT2D eigenvalue weighted by molar-refractivity contribution is -0.122. The van der Waals surface area contributed by atoms with Gasteiger partial charge in [0.05, 0.1) is 28.2 Å². The van der Waals surface area contributed by atoms with Crippen molar-refractivity contribution in [2.45, 2.75) is 32.9 Å². The van der Waals surface area contributed by atoms with E-state index >= 15 is 0 Å². The molecule has 2 aliphatic rings. The highest BCUT2D eigenvalue weighted by Crippen LogP contribution is 2.37. The van der Waals surface area contributed by atoms with Crippen LogP contribution in [0.3, 0.4) is 0 Å². The molecule has 2 fully saturated rings. The minimum Gasteiger partial charge on any atom is -0.370 e. The number of thiocarbonyl (C=S) groups is 1. The highest BCUT2D eigenvalue weighted by molar-refractivity contribution is 8.26. The number of para-hydroxylation sites is 1. The predicted octanol–water partition coefficient (Wildman–Crippen LogP) is 5.16. The van der Waals surface area contributed by atoms with Gasteiger partial charge in [-0.25, -0.2) is 4.39 Å². The Labute approximate surface area is 206 Å². The second-order valence-corrected chi connectivity index (χ2v) is 10.1. The minimum atomic E-state index is -0.327. The first-order chi connectivity index (χ1) is 16.5. The largest absolute Gasteiger partial charge is 0.370 e. The predicted molar refractivity (Wildman–Crippen MR) is 140 cm³/mol. The summed E-state index contributed by atoms with van der Waals surface area (Å²) >= 11 is 6.70. The molecule has 0 aliphatic carbocycles. The van der Waals surface area contributed by atoms with E-state index < -0.39 is 0 Å². The van der Waals surface area contributed by atoms with Crippen LogP contribution in [0, 0.1) is 5.82 Å². The lowest BCUT2D eigenvalue weighted by Crippen LogP contribution is -2.29. The monoisotopic (exact) mass is 493 g/mol. The van der Waals surface area contributed by atoms with E-state index in [4.69, 9.17) is 12.2 Å². The summed E-state index contributed by atoms with van der Waals surface area (Å²) in [5.74, 6) is -0.561. The SMILES string of the molecule is CCn1c(=O)c(C=C2SC(=S)N(Cc3ccc(F)cc3)C2=O)c(N2CCCC2)c2ccccc21. The number of halogens is 1. The summed E-state index contributed by atoms with van der Waals surface area (Å²) in [7, 11) is 0. The van der Waals surface area contributed by atoms with Crippen molar-refractivity contribution < 1.29 is 9.18 Å². The van der Waals surface area contributed by atoms with E-state index in [-0.39, 0.29) is 23.8 Å². The van der Waals surface area contributed by atoms with Crippen LogP contribution in [0.25, 0.3) is 17.0 Å². The fourth-order valence-corrected chi connectivity index (χ4v) is 5.91. The first kappa shape index (κ1) is 22.8. The van der Waals surface area contributed by atoms with E-state index in [1.807, 2.05) is 31.2 Å². The topological polar surface area (TPSA) is 45.6 Å². The number of anilines is 1. The number of aryl methyl sites for hydroxylation is 1. The van der Waals surface area contributed by atoms with Gasteiger partial charge in [-0.3, -0.25) is 14.5 Å². The van der Waals surface area contributed by atoms with Crippen LogP contribution in [-0.4, -0.2) is 32.8 Å². The Morgan fingerprint density at radius 3 is 2.47 bits per heavy atom. The molecule has 0 unspecified atom stereocenters. The van der Waals surface area contributed by atoms with Gasteiger partial charge in [0.1, 0.15) is 10.1 Å². The minimum absolute atomic E-state index is 0.105. The van der Waals surface area contributed by atoms with Gasteiger partial charge in [0, 0.05) is 25.0 Å².